The van der Waals surface area contributed by atoms with Gasteiger partial charge in [-0.3, -0.25) is 14.2 Å². The van der Waals surface area contributed by atoms with Gasteiger partial charge in [0.15, 0.2) is 5.16 Å². The van der Waals surface area contributed by atoms with E-state index in [1.165, 1.54) is 23.1 Å². The lowest BCUT2D eigenvalue weighted by atomic mass is 9.94. The van der Waals surface area contributed by atoms with Crippen LogP contribution in [0.15, 0.2) is 34.2 Å². The molecular weight excluding hydrogens is 420 g/mol. The summed E-state index contributed by atoms with van der Waals surface area (Å²) in [5, 5.41) is 1.16. The molecule has 0 unspecified atom stereocenters. The highest BCUT2D eigenvalue weighted by Gasteiger charge is 2.31. The quantitative estimate of drug-likeness (QED) is 0.333. The predicted molar refractivity (Wildman–Crippen MR) is 120 cm³/mol. The summed E-state index contributed by atoms with van der Waals surface area (Å²) in [5.41, 5.74) is 2.35. The molecule has 1 aliphatic rings. The van der Waals surface area contributed by atoms with E-state index in [0.717, 1.165) is 21.7 Å². The number of thiophene rings is 1. The Labute approximate surface area is 183 Å². The molecule has 4 rings (SSSR count). The lowest BCUT2D eigenvalue weighted by Gasteiger charge is -2.30. The van der Waals surface area contributed by atoms with Gasteiger partial charge >= 0.3 is 5.97 Å². The Morgan fingerprint density at radius 1 is 1.37 bits per heavy atom. The number of carbonyl (C=O) groups excluding carboxylic acids is 1. The first-order chi connectivity index (χ1) is 14.3. The van der Waals surface area contributed by atoms with E-state index in [9.17, 15) is 9.59 Å². The van der Waals surface area contributed by atoms with Gasteiger partial charge in [-0.15, -0.1) is 11.3 Å². The largest absolute Gasteiger partial charge is 0.465 e. The molecule has 1 aromatic carbocycles. The lowest BCUT2D eigenvalue weighted by molar-refractivity contribution is -0.139. The van der Waals surface area contributed by atoms with E-state index in [1.807, 2.05) is 45.0 Å². The van der Waals surface area contributed by atoms with Gasteiger partial charge in [-0.2, -0.15) is 0 Å². The molecule has 158 valence electrons. The molecule has 0 saturated heterocycles. The van der Waals surface area contributed by atoms with Crippen LogP contribution in [0, 0.1) is 6.92 Å². The second-order valence-corrected chi connectivity index (χ2v) is 9.85. The number of aromatic nitrogens is 2. The molecule has 0 radical (unpaired) electrons. The minimum atomic E-state index is -0.325. The average molecular weight is 445 g/mol. The normalized spacial score (nSPS) is 15.2. The molecule has 1 aliphatic heterocycles. The van der Waals surface area contributed by atoms with Crippen LogP contribution in [-0.2, 0) is 27.3 Å². The zero-order valence-corrected chi connectivity index (χ0v) is 19.1. The number of rotatable bonds is 5. The van der Waals surface area contributed by atoms with Gasteiger partial charge < -0.3 is 9.47 Å². The van der Waals surface area contributed by atoms with Crippen LogP contribution in [-0.4, -0.2) is 33.5 Å². The Morgan fingerprint density at radius 3 is 2.87 bits per heavy atom. The molecule has 0 amide bonds. The zero-order chi connectivity index (χ0) is 21.5. The topological polar surface area (TPSA) is 70.4 Å². The maximum atomic E-state index is 13.8. The van der Waals surface area contributed by atoms with Crippen molar-refractivity contribution in [1.82, 2.24) is 9.55 Å². The van der Waals surface area contributed by atoms with Crippen LogP contribution in [0.4, 0.5) is 0 Å². The van der Waals surface area contributed by atoms with Gasteiger partial charge in [0.1, 0.15) is 4.83 Å². The van der Waals surface area contributed by atoms with Crippen LogP contribution in [0.25, 0.3) is 15.9 Å². The summed E-state index contributed by atoms with van der Waals surface area (Å²) >= 11 is 2.73. The Hall–Kier alpha value is -2.16. The monoisotopic (exact) mass is 444 g/mol. The van der Waals surface area contributed by atoms with E-state index in [4.69, 9.17) is 14.5 Å². The Morgan fingerprint density at radius 2 is 2.13 bits per heavy atom. The van der Waals surface area contributed by atoms with Gasteiger partial charge in [-0.25, -0.2) is 4.98 Å². The summed E-state index contributed by atoms with van der Waals surface area (Å²) in [6.45, 7) is 8.62. The molecule has 0 saturated carbocycles. The first kappa shape index (κ1) is 21.1. The number of para-hydroxylation sites is 1. The molecule has 3 aromatic rings. The number of nitrogens with zero attached hydrogens (tertiary/aromatic N) is 2. The van der Waals surface area contributed by atoms with Crippen LogP contribution < -0.4 is 5.56 Å². The van der Waals surface area contributed by atoms with Crippen LogP contribution in [0.5, 0.6) is 0 Å². The average Bonchev–Trinajstić information content (AvgIpc) is 3.04. The molecule has 6 nitrogen and oxygen atoms in total. The number of aryl methyl sites for hydroxylation is 1. The Kier molecular flexibility index (Phi) is 5.74. The minimum absolute atomic E-state index is 0.0961. The minimum Gasteiger partial charge on any atom is -0.465 e. The summed E-state index contributed by atoms with van der Waals surface area (Å²) in [4.78, 5) is 32.3. The number of carbonyl (C=O) groups is 1. The number of esters is 1. The highest BCUT2D eigenvalue weighted by Crippen LogP contribution is 2.38. The van der Waals surface area contributed by atoms with Crippen molar-refractivity contribution in [2.75, 3.05) is 12.4 Å². The molecule has 0 spiro atoms. The van der Waals surface area contributed by atoms with Crippen LogP contribution in [0.3, 0.4) is 0 Å². The van der Waals surface area contributed by atoms with E-state index in [1.54, 1.807) is 11.5 Å². The van der Waals surface area contributed by atoms with Gasteiger partial charge in [0.2, 0.25) is 0 Å². The van der Waals surface area contributed by atoms with E-state index in [-0.39, 0.29) is 22.9 Å². The van der Waals surface area contributed by atoms with Crippen LogP contribution in [0.1, 0.15) is 36.8 Å². The molecule has 3 heterocycles. The smallest absolute Gasteiger partial charge is 0.316 e. The van der Waals surface area contributed by atoms with Crippen molar-refractivity contribution in [2.24, 2.45) is 0 Å². The van der Waals surface area contributed by atoms with Gasteiger partial charge in [0.25, 0.3) is 5.56 Å². The van der Waals surface area contributed by atoms with Crippen molar-refractivity contribution in [1.29, 1.82) is 0 Å². The fourth-order valence-corrected chi connectivity index (χ4v) is 5.57. The van der Waals surface area contributed by atoms with E-state index < -0.39 is 0 Å². The van der Waals surface area contributed by atoms with E-state index in [0.29, 0.717) is 35.0 Å². The zero-order valence-electron chi connectivity index (χ0n) is 17.5. The van der Waals surface area contributed by atoms with Gasteiger partial charge in [0, 0.05) is 11.3 Å². The van der Waals surface area contributed by atoms with Crippen LogP contribution >= 0.6 is 23.1 Å². The first-order valence-electron chi connectivity index (χ1n) is 9.86. The molecule has 0 aliphatic carbocycles. The highest BCUT2D eigenvalue weighted by molar-refractivity contribution is 7.99. The fraction of sp³-hybridized carbons (Fsp3) is 0.409. The van der Waals surface area contributed by atoms with Crippen molar-refractivity contribution in [2.45, 2.75) is 51.5 Å². The molecule has 0 bridgehead atoms. The maximum Gasteiger partial charge on any atom is 0.316 e. The van der Waals surface area contributed by atoms with Crippen molar-refractivity contribution in [3.63, 3.8) is 0 Å². The Balaban J connectivity index is 1.92. The third-order valence-corrected chi connectivity index (χ3v) is 7.07. The molecule has 30 heavy (non-hydrogen) atoms. The number of thioether (sulfide) groups is 1. The molecule has 0 fully saturated rings. The van der Waals surface area contributed by atoms with Crippen molar-refractivity contribution in [3.05, 3.63) is 50.6 Å². The third kappa shape index (κ3) is 3.91. The number of hydrogen-bond donors (Lipinski definition) is 0. The number of hydrogen-bond acceptors (Lipinski definition) is 7. The second kappa shape index (κ2) is 8.17. The summed E-state index contributed by atoms with van der Waals surface area (Å²) in [6.07, 6.45) is 0.669. The fourth-order valence-electron chi connectivity index (χ4n) is 3.62. The lowest BCUT2D eigenvalue weighted by Crippen LogP contribution is -2.32. The molecule has 8 heteroatoms. The molecule has 0 N–H and O–H groups in total. The number of fused-ring (bicyclic) bond motifs is 3. The third-order valence-electron chi connectivity index (χ3n) is 5.05. The predicted octanol–water partition coefficient (Wildman–Crippen LogP) is 4.26. The van der Waals surface area contributed by atoms with Gasteiger partial charge in [0.05, 0.1) is 35.6 Å². The van der Waals surface area contributed by atoms with Crippen molar-refractivity contribution in [3.8, 4) is 5.69 Å². The standard InChI is InChI=1S/C22H24N2O4S2/c1-5-27-17(25)12-29-21-23-19-18(14-10-22(3,4)28-11-16(14)30-19)20(26)24(21)15-9-7-6-8-13(15)2/h6-9H,5,10-12H2,1-4H3. The Bertz CT molecular complexity index is 1180. The number of ether oxygens (including phenoxy) is 2. The van der Waals surface area contributed by atoms with Gasteiger partial charge in [-0.1, -0.05) is 30.0 Å². The first-order valence-corrected chi connectivity index (χ1v) is 11.7. The molecular formula is C22H24N2O4S2. The highest BCUT2D eigenvalue weighted by atomic mass is 32.2. The van der Waals surface area contributed by atoms with E-state index >= 15 is 0 Å². The summed E-state index contributed by atoms with van der Waals surface area (Å²) < 4.78 is 12.6. The van der Waals surface area contributed by atoms with Crippen molar-refractivity contribution >= 4 is 39.3 Å². The number of benzene rings is 1. The van der Waals surface area contributed by atoms with Crippen LogP contribution in [0.2, 0.25) is 0 Å². The van der Waals surface area contributed by atoms with Gasteiger partial charge in [-0.05, 0) is 44.9 Å². The molecule has 0 atom stereocenters. The molecule has 2 aromatic heterocycles. The summed E-state index contributed by atoms with van der Waals surface area (Å²) in [7, 11) is 0. The summed E-state index contributed by atoms with van der Waals surface area (Å²) in [6, 6.07) is 7.71. The van der Waals surface area contributed by atoms with Crippen molar-refractivity contribution < 1.29 is 14.3 Å². The second-order valence-electron chi connectivity index (χ2n) is 7.82. The summed E-state index contributed by atoms with van der Waals surface area (Å²) in [5.74, 6) is -0.229. The SMILES string of the molecule is CCOC(=O)CSc1nc2sc3c(c2c(=O)n1-c1ccccc1C)CC(C)(C)OC3. The maximum absolute atomic E-state index is 13.8. The van der Waals surface area contributed by atoms with E-state index in [2.05, 4.69) is 0 Å².